The highest BCUT2D eigenvalue weighted by atomic mass is 19.1. The fourth-order valence-electron chi connectivity index (χ4n) is 1.34. The second-order valence-corrected chi connectivity index (χ2v) is 3.34. The zero-order valence-electron chi connectivity index (χ0n) is 7.36. The smallest absolute Gasteiger partial charge is 0.394 e. The summed E-state index contributed by atoms with van der Waals surface area (Å²) in [6.07, 6.45) is -0.572. The molecule has 5 heteroatoms. The Morgan fingerprint density at radius 1 is 1.54 bits per heavy atom. The lowest BCUT2D eigenvalue weighted by Gasteiger charge is -2.31. The first-order valence-corrected chi connectivity index (χ1v) is 4.18. The molecule has 1 amide bonds. The Morgan fingerprint density at radius 3 is 2.62 bits per heavy atom. The van der Waals surface area contributed by atoms with Crippen molar-refractivity contribution in [3.63, 3.8) is 0 Å². The van der Waals surface area contributed by atoms with Gasteiger partial charge in [-0.05, 0) is 12.3 Å². The van der Waals surface area contributed by atoms with Crippen molar-refractivity contribution >= 4 is 11.9 Å². The van der Waals surface area contributed by atoms with Crippen LogP contribution < -0.4 is 0 Å². The van der Waals surface area contributed by atoms with Crippen LogP contribution in [0.15, 0.2) is 0 Å². The Kier molecular flexibility index (Phi) is 2.85. The molecule has 1 saturated heterocycles. The molecule has 0 spiro atoms. The average Bonchev–Trinajstić information content (AvgIpc) is 2.08. The lowest BCUT2D eigenvalue weighted by molar-refractivity contribution is -0.157. The molecule has 0 aromatic rings. The molecule has 1 fully saturated rings. The normalized spacial score (nSPS) is 28.6. The van der Waals surface area contributed by atoms with Crippen molar-refractivity contribution in [2.75, 3.05) is 13.1 Å². The number of aliphatic carboxylic acids is 1. The minimum absolute atomic E-state index is 0.0853. The number of hydrogen-bond acceptors (Lipinski definition) is 2. The fraction of sp³-hybridized carbons (Fsp3) is 0.750. The summed E-state index contributed by atoms with van der Waals surface area (Å²) in [6.45, 7) is 2.01. The van der Waals surface area contributed by atoms with Crippen LogP contribution in [0.1, 0.15) is 13.3 Å². The molecule has 0 aromatic carbocycles. The van der Waals surface area contributed by atoms with Crippen molar-refractivity contribution in [2.24, 2.45) is 5.92 Å². The summed E-state index contributed by atoms with van der Waals surface area (Å²) in [5.74, 6) is -2.60. The van der Waals surface area contributed by atoms with Gasteiger partial charge in [-0.2, -0.15) is 0 Å². The number of carbonyl (C=O) groups is 2. The van der Waals surface area contributed by atoms with Gasteiger partial charge in [0.05, 0.1) is 6.54 Å². The Morgan fingerprint density at radius 2 is 2.15 bits per heavy atom. The van der Waals surface area contributed by atoms with Crippen LogP contribution in [0.4, 0.5) is 4.39 Å². The Bertz CT molecular complexity index is 231. The third-order valence-electron chi connectivity index (χ3n) is 2.34. The van der Waals surface area contributed by atoms with Crippen LogP contribution in [-0.4, -0.2) is 41.1 Å². The molecule has 1 heterocycles. The number of hydrogen-bond donors (Lipinski definition) is 1. The Hall–Kier alpha value is -1.13. The van der Waals surface area contributed by atoms with Crippen LogP contribution >= 0.6 is 0 Å². The predicted octanol–water partition coefficient (Wildman–Crippen LogP) is 0.278. The summed E-state index contributed by atoms with van der Waals surface area (Å²) in [5, 5.41) is 8.37. The quantitative estimate of drug-likeness (QED) is 0.557. The topological polar surface area (TPSA) is 57.6 Å². The second-order valence-electron chi connectivity index (χ2n) is 3.34. The summed E-state index contributed by atoms with van der Waals surface area (Å²) in [4.78, 5) is 22.2. The minimum Gasteiger partial charge on any atom is -0.474 e. The first kappa shape index (κ1) is 9.95. The lowest BCUT2D eigenvalue weighted by atomic mass is 9.97. The molecule has 13 heavy (non-hydrogen) atoms. The molecule has 0 aromatic heterocycles. The summed E-state index contributed by atoms with van der Waals surface area (Å²) >= 11 is 0. The van der Waals surface area contributed by atoms with Crippen molar-refractivity contribution in [2.45, 2.75) is 19.5 Å². The number of likely N-dealkylation sites (tertiary alicyclic amines) is 1. The van der Waals surface area contributed by atoms with Crippen LogP contribution in [0, 0.1) is 5.92 Å². The van der Waals surface area contributed by atoms with E-state index in [2.05, 4.69) is 0 Å². The van der Waals surface area contributed by atoms with Crippen molar-refractivity contribution < 1.29 is 19.1 Å². The molecule has 0 bridgehead atoms. The van der Waals surface area contributed by atoms with E-state index in [-0.39, 0.29) is 12.5 Å². The molecular formula is C8H12FNO3. The van der Waals surface area contributed by atoms with Gasteiger partial charge in [-0.3, -0.25) is 4.79 Å². The van der Waals surface area contributed by atoms with Gasteiger partial charge in [0, 0.05) is 6.54 Å². The average molecular weight is 189 g/mol. The predicted molar refractivity (Wildman–Crippen MR) is 42.9 cm³/mol. The van der Waals surface area contributed by atoms with Crippen LogP contribution in [0.5, 0.6) is 0 Å². The third-order valence-corrected chi connectivity index (χ3v) is 2.34. The van der Waals surface area contributed by atoms with Gasteiger partial charge >= 0.3 is 11.9 Å². The molecule has 1 aliphatic heterocycles. The van der Waals surface area contributed by atoms with Gasteiger partial charge in [0.15, 0.2) is 0 Å². The van der Waals surface area contributed by atoms with E-state index in [0.717, 1.165) is 4.90 Å². The van der Waals surface area contributed by atoms with Gasteiger partial charge in [-0.1, -0.05) is 6.92 Å². The van der Waals surface area contributed by atoms with Crippen LogP contribution in [0.25, 0.3) is 0 Å². The van der Waals surface area contributed by atoms with Gasteiger partial charge in [0.25, 0.3) is 0 Å². The molecule has 1 aliphatic rings. The van der Waals surface area contributed by atoms with E-state index in [1.165, 1.54) is 0 Å². The van der Waals surface area contributed by atoms with E-state index in [4.69, 9.17) is 5.11 Å². The molecule has 4 nitrogen and oxygen atoms in total. The number of alkyl halides is 1. The number of carboxylic acid groups (broad SMARTS) is 1. The minimum atomic E-state index is -1.51. The Balaban J connectivity index is 2.55. The van der Waals surface area contributed by atoms with Crippen LogP contribution in [0.2, 0.25) is 0 Å². The second kappa shape index (κ2) is 3.72. The monoisotopic (exact) mass is 189 g/mol. The summed E-state index contributed by atoms with van der Waals surface area (Å²) < 4.78 is 13.1. The molecule has 2 atom stereocenters. The first-order chi connectivity index (χ1) is 6.02. The fourth-order valence-corrected chi connectivity index (χ4v) is 1.34. The van der Waals surface area contributed by atoms with Crippen LogP contribution in [-0.2, 0) is 9.59 Å². The van der Waals surface area contributed by atoms with E-state index >= 15 is 0 Å². The van der Waals surface area contributed by atoms with E-state index < -0.39 is 18.0 Å². The molecule has 1 N–H and O–H groups in total. The van der Waals surface area contributed by atoms with E-state index in [1.54, 1.807) is 6.92 Å². The van der Waals surface area contributed by atoms with Gasteiger partial charge in [-0.25, -0.2) is 9.18 Å². The number of halogens is 1. The highest BCUT2D eigenvalue weighted by molar-refractivity contribution is 6.31. The standard InChI is InChI=1S/C8H12FNO3/c1-5-2-3-10(4-6(5)9)7(11)8(12)13/h5-6H,2-4H2,1H3,(H,12,13). The molecular weight excluding hydrogens is 177 g/mol. The first-order valence-electron chi connectivity index (χ1n) is 4.18. The molecule has 0 radical (unpaired) electrons. The maximum atomic E-state index is 13.1. The number of piperidine rings is 1. The molecule has 0 aliphatic carbocycles. The molecule has 0 saturated carbocycles. The highest BCUT2D eigenvalue weighted by Gasteiger charge is 2.31. The third kappa shape index (κ3) is 2.17. The van der Waals surface area contributed by atoms with Crippen molar-refractivity contribution in [3.8, 4) is 0 Å². The van der Waals surface area contributed by atoms with E-state index in [9.17, 15) is 14.0 Å². The van der Waals surface area contributed by atoms with E-state index in [0.29, 0.717) is 13.0 Å². The lowest BCUT2D eigenvalue weighted by Crippen LogP contribution is -2.46. The zero-order valence-corrected chi connectivity index (χ0v) is 7.36. The van der Waals surface area contributed by atoms with Crippen molar-refractivity contribution in [3.05, 3.63) is 0 Å². The highest BCUT2D eigenvalue weighted by Crippen LogP contribution is 2.19. The van der Waals surface area contributed by atoms with Crippen molar-refractivity contribution in [1.82, 2.24) is 4.90 Å². The number of rotatable bonds is 0. The number of carbonyl (C=O) groups excluding carboxylic acids is 1. The Labute approximate surface area is 75.3 Å². The molecule has 1 rings (SSSR count). The van der Waals surface area contributed by atoms with E-state index in [1.807, 2.05) is 0 Å². The van der Waals surface area contributed by atoms with Crippen LogP contribution in [0.3, 0.4) is 0 Å². The SMILES string of the molecule is CC1CCN(C(=O)C(=O)O)CC1F. The number of amides is 1. The number of nitrogens with zero attached hydrogens (tertiary/aromatic N) is 1. The summed E-state index contributed by atoms with van der Waals surface area (Å²) in [7, 11) is 0. The molecule has 2 unspecified atom stereocenters. The largest absolute Gasteiger partial charge is 0.474 e. The molecule has 74 valence electrons. The van der Waals surface area contributed by atoms with Gasteiger partial charge in [0.1, 0.15) is 6.17 Å². The van der Waals surface area contributed by atoms with Crippen molar-refractivity contribution in [1.29, 1.82) is 0 Å². The van der Waals surface area contributed by atoms with Gasteiger partial charge in [0.2, 0.25) is 0 Å². The summed E-state index contributed by atoms with van der Waals surface area (Å²) in [6, 6.07) is 0. The van der Waals surface area contributed by atoms with Gasteiger partial charge < -0.3 is 10.0 Å². The maximum Gasteiger partial charge on any atom is 0.394 e. The maximum absolute atomic E-state index is 13.1. The zero-order chi connectivity index (χ0) is 10.0. The number of carboxylic acids is 1. The summed E-state index contributed by atoms with van der Waals surface area (Å²) in [5.41, 5.74) is 0. The van der Waals surface area contributed by atoms with Gasteiger partial charge in [-0.15, -0.1) is 0 Å².